The summed E-state index contributed by atoms with van der Waals surface area (Å²) in [5.74, 6) is 0.567. The number of methoxy groups -OCH3 is 1. The van der Waals surface area contributed by atoms with Crippen LogP contribution in [0.5, 0.6) is 5.75 Å². The fourth-order valence-corrected chi connectivity index (χ4v) is 0.645. The second-order valence-electron chi connectivity index (χ2n) is 1.70. The topological polar surface area (TPSA) is 55.2 Å². The minimum absolute atomic E-state index is 0.142. The van der Waals surface area contributed by atoms with Crippen LogP contribution in [0.2, 0.25) is 0 Å². The minimum Gasteiger partial charge on any atom is -0.495 e. The van der Waals surface area contributed by atoms with Gasteiger partial charge in [-0.15, -0.1) is 5.10 Å². The Kier molecular flexibility index (Phi) is 2.17. The molecule has 1 rings (SSSR count). The van der Waals surface area contributed by atoms with Gasteiger partial charge in [0, 0.05) is 6.07 Å². The number of hydrogen-bond acceptors (Lipinski definition) is 4. The first kappa shape index (κ1) is 6.95. The minimum atomic E-state index is -0.142. The van der Waals surface area contributed by atoms with Gasteiger partial charge in [-0.05, 0) is 0 Å². The first-order valence-electron chi connectivity index (χ1n) is 2.84. The third-order valence-electron chi connectivity index (χ3n) is 1.13. The second-order valence-corrected chi connectivity index (χ2v) is 1.70. The molecular formula is C6H8N2O2. The molecule has 10 heavy (non-hydrogen) atoms. The molecule has 0 atom stereocenters. The van der Waals surface area contributed by atoms with Gasteiger partial charge in [-0.3, -0.25) is 0 Å². The van der Waals surface area contributed by atoms with Crippen molar-refractivity contribution in [3.63, 3.8) is 0 Å². The van der Waals surface area contributed by atoms with Gasteiger partial charge in [0.15, 0.2) is 0 Å². The summed E-state index contributed by atoms with van der Waals surface area (Å²) < 4.78 is 4.87. The van der Waals surface area contributed by atoms with Crippen molar-refractivity contribution in [1.29, 1.82) is 0 Å². The molecule has 0 spiro atoms. The van der Waals surface area contributed by atoms with Crippen LogP contribution < -0.4 is 4.74 Å². The average molecular weight is 140 g/mol. The maximum atomic E-state index is 8.67. The zero-order valence-electron chi connectivity index (χ0n) is 5.61. The zero-order valence-corrected chi connectivity index (χ0v) is 5.61. The highest BCUT2D eigenvalue weighted by Crippen LogP contribution is 2.11. The van der Waals surface area contributed by atoms with E-state index in [1.54, 1.807) is 6.07 Å². The first-order valence-corrected chi connectivity index (χ1v) is 2.84. The van der Waals surface area contributed by atoms with Crippen LogP contribution in [-0.2, 0) is 6.61 Å². The van der Waals surface area contributed by atoms with E-state index in [9.17, 15) is 0 Å². The Morgan fingerprint density at radius 2 is 2.50 bits per heavy atom. The molecule has 0 saturated heterocycles. The highest BCUT2D eigenvalue weighted by Gasteiger charge is 1.99. The van der Waals surface area contributed by atoms with Crippen LogP contribution in [0.25, 0.3) is 0 Å². The summed E-state index contributed by atoms with van der Waals surface area (Å²) in [7, 11) is 1.52. The molecule has 0 aromatic carbocycles. The van der Waals surface area contributed by atoms with Gasteiger partial charge >= 0.3 is 0 Å². The summed E-state index contributed by atoms with van der Waals surface area (Å²) in [5, 5.41) is 15.9. The number of aliphatic hydroxyl groups is 1. The average Bonchev–Trinajstić information content (AvgIpc) is 2.04. The molecule has 0 aliphatic rings. The Morgan fingerprint density at radius 3 is 3.00 bits per heavy atom. The molecule has 0 unspecified atom stereocenters. The molecule has 4 nitrogen and oxygen atoms in total. The van der Waals surface area contributed by atoms with Crippen molar-refractivity contribution in [1.82, 2.24) is 10.2 Å². The van der Waals surface area contributed by atoms with Crippen LogP contribution in [0.1, 0.15) is 5.69 Å². The van der Waals surface area contributed by atoms with Crippen LogP contribution in [0.15, 0.2) is 12.3 Å². The van der Waals surface area contributed by atoms with Crippen LogP contribution in [0.3, 0.4) is 0 Å². The van der Waals surface area contributed by atoms with Gasteiger partial charge in [0.2, 0.25) is 0 Å². The highest BCUT2D eigenvalue weighted by atomic mass is 16.5. The van der Waals surface area contributed by atoms with Gasteiger partial charge < -0.3 is 9.84 Å². The number of aromatic nitrogens is 2. The second kappa shape index (κ2) is 3.12. The van der Waals surface area contributed by atoms with Crippen molar-refractivity contribution < 1.29 is 9.84 Å². The normalized spacial score (nSPS) is 9.40. The van der Waals surface area contributed by atoms with Crippen molar-refractivity contribution in [3.8, 4) is 5.75 Å². The lowest BCUT2D eigenvalue weighted by molar-refractivity contribution is 0.266. The third-order valence-corrected chi connectivity index (χ3v) is 1.13. The molecule has 1 heterocycles. The van der Waals surface area contributed by atoms with E-state index in [1.807, 2.05) is 0 Å². The van der Waals surface area contributed by atoms with Gasteiger partial charge in [-0.1, -0.05) is 0 Å². The van der Waals surface area contributed by atoms with Crippen molar-refractivity contribution >= 4 is 0 Å². The SMILES string of the molecule is COc1ccnnc1CO. The predicted molar refractivity (Wildman–Crippen MR) is 34.5 cm³/mol. The first-order chi connectivity index (χ1) is 4.88. The molecule has 0 aliphatic heterocycles. The van der Waals surface area contributed by atoms with Crippen LogP contribution in [0, 0.1) is 0 Å². The maximum absolute atomic E-state index is 8.67. The molecule has 0 aliphatic carbocycles. The van der Waals surface area contributed by atoms with Gasteiger partial charge in [-0.2, -0.15) is 5.10 Å². The maximum Gasteiger partial charge on any atom is 0.146 e. The van der Waals surface area contributed by atoms with Crippen molar-refractivity contribution in [3.05, 3.63) is 18.0 Å². The predicted octanol–water partition coefficient (Wildman–Crippen LogP) is -0.0225. The van der Waals surface area contributed by atoms with Crippen LogP contribution in [-0.4, -0.2) is 22.4 Å². The van der Waals surface area contributed by atoms with E-state index in [0.717, 1.165) is 0 Å². The van der Waals surface area contributed by atoms with Gasteiger partial charge in [0.1, 0.15) is 11.4 Å². The van der Waals surface area contributed by atoms with E-state index < -0.39 is 0 Å². The Morgan fingerprint density at radius 1 is 1.70 bits per heavy atom. The molecule has 1 N–H and O–H groups in total. The zero-order chi connectivity index (χ0) is 7.40. The molecule has 1 aromatic heterocycles. The molecule has 1 aromatic rings. The van der Waals surface area contributed by atoms with Gasteiger partial charge in [-0.25, -0.2) is 0 Å². The summed E-state index contributed by atoms with van der Waals surface area (Å²) in [6.07, 6.45) is 1.51. The van der Waals surface area contributed by atoms with E-state index in [1.165, 1.54) is 13.3 Å². The molecule has 0 saturated carbocycles. The molecular weight excluding hydrogens is 132 g/mol. The molecule has 54 valence electrons. The Hall–Kier alpha value is -1.16. The summed E-state index contributed by atoms with van der Waals surface area (Å²) >= 11 is 0. The lowest BCUT2D eigenvalue weighted by atomic mass is 10.4. The van der Waals surface area contributed by atoms with Crippen molar-refractivity contribution in [2.45, 2.75) is 6.61 Å². The number of ether oxygens (including phenoxy) is 1. The fraction of sp³-hybridized carbons (Fsp3) is 0.333. The summed E-state index contributed by atoms with van der Waals surface area (Å²) in [6.45, 7) is -0.142. The number of nitrogens with zero attached hydrogens (tertiary/aromatic N) is 2. The quantitative estimate of drug-likeness (QED) is 0.627. The summed E-state index contributed by atoms with van der Waals surface area (Å²) in [4.78, 5) is 0. The van der Waals surface area contributed by atoms with Crippen molar-refractivity contribution in [2.24, 2.45) is 0 Å². The smallest absolute Gasteiger partial charge is 0.146 e. The fourth-order valence-electron chi connectivity index (χ4n) is 0.645. The largest absolute Gasteiger partial charge is 0.495 e. The Labute approximate surface area is 58.5 Å². The van der Waals surface area contributed by atoms with Crippen LogP contribution in [0.4, 0.5) is 0 Å². The van der Waals surface area contributed by atoms with E-state index in [4.69, 9.17) is 9.84 Å². The third kappa shape index (κ3) is 1.22. The Balaban J connectivity index is 2.96. The van der Waals surface area contributed by atoms with E-state index >= 15 is 0 Å². The highest BCUT2D eigenvalue weighted by molar-refractivity contribution is 5.23. The standard InChI is InChI=1S/C6H8N2O2/c1-10-6-2-3-7-8-5(6)4-9/h2-3,9H,4H2,1H3. The molecule has 0 amide bonds. The van der Waals surface area contributed by atoms with E-state index in [2.05, 4.69) is 10.2 Å². The molecule has 0 radical (unpaired) electrons. The summed E-state index contributed by atoms with van der Waals surface area (Å²) in [6, 6.07) is 1.65. The Bertz CT molecular complexity index is 192. The molecule has 0 fully saturated rings. The molecule has 0 bridgehead atoms. The van der Waals surface area contributed by atoms with Crippen LogP contribution >= 0.6 is 0 Å². The van der Waals surface area contributed by atoms with Gasteiger partial charge in [0.05, 0.1) is 19.9 Å². The summed E-state index contributed by atoms with van der Waals surface area (Å²) in [5.41, 5.74) is 0.463. The van der Waals surface area contributed by atoms with Gasteiger partial charge in [0.25, 0.3) is 0 Å². The lowest BCUT2D eigenvalue weighted by Crippen LogP contribution is -1.96. The number of aliphatic hydroxyl groups excluding tert-OH is 1. The number of rotatable bonds is 2. The van der Waals surface area contributed by atoms with Crippen molar-refractivity contribution in [2.75, 3.05) is 7.11 Å². The monoisotopic (exact) mass is 140 g/mol. The van der Waals surface area contributed by atoms with E-state index in [-0.39, 0.29) is 6.61 Å². The number of hydrogen-bond donors (Lipinski definition) is 1. The lowest BCUT2D eigenvalue weighted by Gasteiger charge is -2.01. The van der Waals surface area contributed by atoms with E-state index in [0.29, 0.717) is 11.4 Å². The molecule has 4 heteroatoms.